The second kappa shape index (κ2) is 6.79. The van der Waals surface area contributed by atoms with Gasteiger partial charge in [-0.2, -0.15) is 4.31 Å². The Bertz CT molecular complexity index is 600. The molecule has 0 amide bonds. The quantitative estimate of drug-likeness (QED) is 0.904. The highest BCUT2D eigenvalue weighted by molar-refractivity contribution is 7.89. The molecule has 4 nitrogen and oxygen atoms in total. The Hall–Kier alpha value is -0.400. The Labute approximate surface area is 134 Å². The molecule has 1 fully saturated rings. The minimum atomic E-state index is -3.85. The van der Waals surface area contributed by atoms with Crippen LogP contribution in [0.2, 0.25) is 10.0 Å². The van der Waals surface area contributed by atoms with Crippen LogP contribution in [-0.4, -0.2) is 38.4 Å². The van der Waals surface area contributed by atoms with Gasteiger partial charge in [0.2, 0.25) is 10.0 Å². The van der Waals surface area contributed by atoms with Crippen LogP contribution < -0.4 is 5.32 Å². The minimum Gasteiger partial charge on any atom is -0.314 e. The van der Waals surface area contributed by atoms with Crippen LogP contribution in [0.4, 0.5) is 4.39 Å². The second-order valence-electron chi connectivity index (χ2n) is 4.96. The zero-order valence-corrected chi connectivity index (χ0v) is 13.9. The van der Waals surface area contributed by atoms with Gasteiger partial charge in [0.25, 0.3) is 0 Å². The lowest BCUT2D eigenvalue weighted by atomic mass is 10.1. The fraction of sp³-hybridized carbons (Fsp3) is 0.538. The molecule has 1 aliphatic heterocycles. The molecule has 1 aromatic carbocycles. The molecule has 1 N–H and O–H groups in total. The SMILES string of the molecule is CCCC1CNCCN1S(=O)(=O)c1c(Cl)cc(F)cc1Cl. The van der Waals surface area contributed by atoms with Crippen molar-refractivity contribution < 1.29 is 12.8 Å². The number of nitrogens with zero attached hydrogens (tertiary/aromatic N) is 1. The summed E-state index contributed by atoms with van der Waals surface area (Å²) >= 11 is 11.8. The molecule has 0 radical (unpaired) electrons. The number of sulfonamides is 1. The van der Waals surface area contributed by atoms with E-state index in [4.69, 9.17) is 23.2 Å². The van der Waals surface area contributed by atoms with Crippen molar-refractivity contribution in [3.63, 3.8) is 0 Å². The van der Waals surface area contributed by atoms with E-state index in [0.29, 0.717) is 19.6 Å². The van der Waals surface area contributed by atoms with E-state index in [2.05, 4.69) is 5.32 Å². The predicted octanol–water partition coefficient (Wildman–Crippen LogP) is 2.90. The third-order valence-electron chi connectivity index (χ3n) is 3.45. The fourth-order valence-electron chi connectivity index (χ4n) is 2.53. The number of hydrogen-bond donors (Lipinski definition) is 1. The smallest absolute Gasteiger partial charge is 0.246 e. The summed E-state index contributed by atoms with van der Waals surface area (Å²) in [6.45, 7) is 3.49. The summed E-state index contributed by atoms with van der Waals surface area (Å²) in [5, 5.41) is 2.81. The molecule has 0 aliphatic carbocycles. The molecule has 2 rings (SSSR count). The van der Waals surface area contributed by atoms with E-state index in [1.165, 1.54) is 4.31 Å². The summed E-state index contributed by atoms with van der Waals surface area (Å²) < 4.78 is 40.3. The van der Waals surface area contributed by atoms with Crippen LogP contribution in [0.5, 0.6) is 0 Å². The van der Waals surface area contributed by atoms with Crippen molar-refractivity contribution in [2.24, 2.45) is 0 Å². The van der Waals surface area contributed by atoms with E-state index >= 15 is 0 Å². The molecule has 118 valence electrons. The van der Waals surface area contributed by atoms with Gasteiger partial charge in [-0.05, 0) is 18.6 Å². The molecule has 0 saturated carbocycles. The Morgan fingerprint density at radius 2 is 2.00 bits per heavy atom. The van der Waals surface area contributed by atoms with Crippen LogP contribution in [0, 0.1) is 5.82 Å². The van der Waals surface area contributed by atoms with Crippen LogP contribution >= 0.6 is 23.2 Å². The maximum atomic E-state index is 13.2. The first-order valence-electron chi connectivity index (χ1n) is 6.75. The van der Waals surface area contributed by atoms with E-state index in [-0.39, 0.29) is 21.0 Å². The summed E-state index contributed by atoms with van der Waals surface area (Å²) in [6, 6.07) is 1.79. The fourth-order valence-corrected chi connectivity index (χ4v) is 5.33. The monoisotopic (exact) mass is 354 g/mol. The Morgan fingerprint density at radius 1 is 1.38 bits per heavy atom. The third-order valence-corrected chi connectivity index (χ3v) is 6.32. The van der Waals surface area contributed by atoms with Gasteiger partial charge in [-0.25, -0.2) is 12.8 Å². The van der Waals surface area contributed by atoms with Gasteiger partial charge < -0.3 is 5.32 Å². The highest BCUT2D eigenvalue weighted by atomic mass is 35.5. The zero-order chi connectivity index (χ0) is 15.6. The molecule has 1 aromatic rings. The molecule has 0 spiro atoms. The average Bonchev–Trinajstić information content (AvgIpc) is 2.37. The van der Waals surface area contributed by atoms with Crippen molar-refractivity contribution in [1.82, 2.24) is 9.62 Å². The van der Waals surface area contributed by atoms with Crippen LogP contribution in [-0.2, 0) is 10.0 Å². The summed E-state index contributed by atoms with van der Waals surface area (Å²) in [7, 11) is -3.85. The van der Waals surface area contributed by atoms with Gasteiger partial charge in [0.15, 0.2) is 0 Å². The molecule has 21 heavy (non-hydrogen) atoms. The lowest BCUT2D eigenvalue weighted by Gasteiger charge is -2.35. The molecule has 1 aliphatic rings. The van der Waals surface area contributed by atoms with Gasteiger partial charge in [0.1, 0.15) is 10.7 Å². The highest BCUT2D eigenvalue weighted by Crippen LogP contribution is 2.34. The van der Waals surface area contributed by atoms with Crippen molar-refractivity contribution in [2.45, 2.75) is 30.7 Å². The normalized spacial score (nSPS) is 20.7. The van der Waals surface area contributed by atoms with Crippen LogP contribution in [0.25, 0.3) is 0 Å². The first-order valence-corrected chi connectivity index (χ1v) is 8.94. The molecular weight excluding hydrogens is 338 g/mol. The molecular formula is C13H17Cl2FN2O2S. The van der Waals surface area contributed by atoms with Gasteiger partial charge in [-0.3, -0.25) is 0 Å². The van der Waals surface area contributed by atoms with Gasteiger partial charge >= 0.3 is 0 Å². The summed E-state index contributed by atoms with van der Waals surface area (Å²) in [4.78, 5) is -0.213. The van der Waals surface area contributed by atoms with Gasteiger partial charge in [0, 0.05) is 25.7 Å². The summed E-state index contributed by atoms with van der Waals surface area (Å²) in [5.74, 6) is -0.658. The molecule has 1 heterocycles. The lowest BCUT2D eigenvalue weighted by molar-refractivity contribution is 0.254. The van der Waals surface area contributed by atoms with Gasteiger partial charge in [0.05, 0.1) is 10.0 Å². The molecule has 1 saturated heterocycles. The standard InChI is InChI=1S/C13H17Cl2FN2O2S/c1-2-3-10-8-17-4-5-18(10)21(19,20)13-11(14)6-9(16)7-12(13)15/h6-7,10,17H,2-5,8H2,1H3. The number of piperazine rings is 1. The zero-order valence-electron chi connectivity index (χ0n) is 11.6. The van der Waals surface area contributed by atoms with Gasteiger partial charge in [-0.1, -0.05) is 36.5 Å². The second-order valence-corrected chi connectivity index (χ2v) is 7.60. The largest absolute Gasteiger partial charge is 0.314 e. The van der Waals surface area contributed by atoms with E-state index in [9.17, 15) is 12.8 Å². The average molecular weight is 355 g/mol. The third kappa shape index (κ3) is 3.51. The summed E-state index contributed by atoms with van der Waals surface area (Å²) in [5.41, 5.74) is 0. The number of rotatable bonds is 4. The highest BCUT2D eigenvalue weighted by Gasteiger charge is 2.35. The number of halogens is 3. The van der Waals surface area contributed by atoms with Crippen molar-refractivity contribution in [2.75, 3.05) is 19.6 Å². The number of benzene rings is 1. The Kier molecular flexibility index (Phi) is 5.48. The van der Waals surface area contributed by atoms with Crippen molar-refractivity contribution >= 4 is 33.2 Å². The maximum absolute atomic E-state index is 13.2. The van der Waals surface area contributed by atoms with Crippen LogP contribution in [0.15, 0.2) is 17.0 Å². The van der Waals surface area contributed by atoms with Crippen LogP contribution in [0.3, 0.4) is 0 Å². The van der Waals surface area contributed by atoms with E-state index in [1.807, 2.05) is 6.92 Å². The first kappa shape index (κ1) is 17.0. The number of nitrogens with one attached hydrogen (secondary N) is 1. The minimum absolute atomic E-state index is 0.147. The van der Waals surface area contributed by atoms with Crippen molar-refractivity contribution in [3.05, 3.63) is 28.0 Å². The Morgan fingerprint density at radius 3 is 2.57 bits per heavy atom. The van der Waals surface area contributed by atoms with E-state index < -0.39 is 15.8 Å². The first-order chi connectivity index (χ1) is 9.87. The summed E-state index contributed by atoms with van der Waals surface area (Å²) in [6.07, 6.45) is 1.60. The van der Waals surface area contributed by atoms with Crippen molar-refractivity contribution in [3.8, 4) is 0 Å². The van der Waals surface area contributed by atoms with Crippen LogP contribution in [0.1, 0.15) is 19.8 Å². The Balaban J connectivity index is 2.45. The predicted molar refractivity (Wildman–Crippen MR) is 81.9 cm³/mol. The lowest BCUT2D eigenvalue weighted by Crippen LogP contribution is -2.53. The molecule has 0 bridgehead atoms. The molecule has 8 heteroatoms. The molecule has 1 unspecified atom stereocenters. The molecule has 0 aromatic heterocycles. The number of hydrogen-bond acceptors (Lipinski definition) is 3. The van der Waals surface area contributed by atoms with Crippen molar-refractivity contribution in [1.29, 1.82) is 0 Å². The van der Waals surface area contributed by atoms with E-state index in [1.54, 1.807) is 0 Å². The topological polar surface area (TPSA) is 49.4 Å². The van der Waals surface area contributed by atoms with E-state index in [0.717, 1.165) is 25.0 Å². The molecule has 1 atom stereocenters. The van der Waals surface area contributed by atoms with Gasteiger partial charge in [-0.15, -0.1) is 0 Å². The maximum Gasteiger partial charge on any atom is 0.246 e.